The summed E-state index contributed by atoms with van der Waals surface area (Å²) in [5.74, 6) is -4.19. The molecule has 1 aliphatic heterocycles. The Hall–Kier alpha value is -4.07. The number of carboxylic acids is 1. The number of nitrogens with one attached hydrogen (secondary N) is 3. The third-order valence-corrected chi connectivity index (χ3v) is 9.89. The first-order valence-electron chi connectivity index (χ1n) is 14.4. The summed E-state index contributed by atoms with van der Waals surface area (Å²) < 4.78 is 63.9. The van der Waals surface area contributed by atoms with Gasteiger partial charge in [-0.1, -0.05) is 41.4 Å². The summed E-state index contributed by atoms with van der Waals surface area (Å²) in [5, 5.41) is 17.2. The third-order valence-electron chi connectivity index (χ3n) is 6.73. The number of likely N-dealkylation sites (N-methyl/N-ethyl adjacent to an activating group) is 1. The summed E-state index contributed by atoms with van der Waals surface area (Å²) >= 11 is 13.3. The van der Waals surface area contributed by atoms with E-state index in [2.05, 4.69) is 20.3 Å². The Morgan fingerprint density at radius 2 is 1.64 bits per heavy atom. The number of sulfonamides is 1. The van der Waals surface area contributed by atoms with E-state index in [9.17, 15) is 36.0 Å². The van der Waals surface area contributed by atoms with Crippen molar-refractivity contribution in [3.63, 3.8) is 0 Å². The highest BCUT2D eigenvalue weighted by Crippen LogP contribution is 2.27. The lowest BCUT2D eigenvalue weighted by molar-refractivity contribution is -0.192. The van der Waals surface area contributed by atoms with Crippen molar-refractivity contribution in [3.05, 3.63) is 81.3 Å². The molecule has 1 fully saturated rings. The van der Waals surface area contributed by atoms with E-state index in [-0.39, 0.29) is 56.9 Å². The first-order chi connectivity index (χ1) is 23.4. The molecular formula is C30H31Cl2F3N6O7S2. The molecule has 2 heterocycles. The van der Waals surface area contributed by atoms with Gasteiger partial charge in [-0.05, 0) is 68.8 Å². The SMILES string of the molecule is CN(C)C/C=C/C(=O)Nc1cccc(S(=O)(=O)N2CCC(NC(=O)c3nscc3NC(=O)c3c(Cl)cccc3Cl)CC2)c1.O=C(O)C(F)(F)F. The number of carbonyl (C=O) groups excluding carboxylic acids is 3. The van der Waals surface area contributed by atoms with Crippen molar-refractivity contribution in [3.8, 4) is 0 Å². The summed E-state index contributed by atoms with van der Waals surface area (Å²) in [4.78, 5) is 48.9. The number of carbonyl (C=O) groups is 4. The van der Waals surface area contributed by atoms with E-state index in [1.807, 2.05) is 19.0 Å². The van der Waals surface area contributed by atoms with Crippen LogP contribution in [0, 0.1) is 0 Å². The topological polar surface area (TPSA) is 178 Å². The predicted octanol–water partition coefficient (Wildman–Crippen LogP) is 4.97. The Balaban J connectivity index is 0.000000872. The standard InChI is InChI=1S/C28H30Cl2N6O5S2.C2HF3O2/c1-35(2)13-5-10-24(37)31-19-6-3-7-20(16-19)43(40,41)36-14-11-18(12-15-36)32-28(39)26-23(17-42-34-26)33-27(38)25-21(29)8-4-9-22(25)30;3-2(4,5)1(6)7/h3-10,16-18H,11-15H2,1-2H3,(H,31,37)(H,32,39)(H,33,38);(H,6,7)/b10-5+;. The van der Waals surface area contributed by atoms with Crippen molar-refractivity contribution in [2.75, 3.05) is 44.4 Å². The van der Waals surface area contributed by atoms with Gasteiger partial charge in [-0.2, -0.15) is 21.9 Å². The van der Waals surface area contributed by atoms with Crippen LogP contribution >= 0.6 is 34.7 Å². The summed E-state index contributed by atoms with van der Waals surface area (Å²) in [6, 6.07) is 10.5. The van der Waals surface area contributed by atoms with Crippen LogP contribution in [0.15, 0.2) is 64.9 Å². The van der Waals surface area contributed by atoms with Gasteiger partial charge in [0.2, 0.25) is 15.9 Å². The second-order valence-electron chi connectivity index (χ2n) is 10.8. The van der Waals surface area contributed by atoms with Gasteiger partial charge >= 0.3 is 12.1 Å². The minimum absolute atomic E-state index is 0.0343. The summed E-state index contributed by atoms with van der Waals surface area (Å²) in [6.45, 7) is 0.963. The average molecular weight is 780 g/mol. The van der Waals surface area contributed by atoms with Gasteiger partial charge in [-0.3, -0.25) is 14.4 Å². The molecule has 1 aliphatic rings. The lowest BCUT2D eigenvalue weighted by atomic mass is 10.1. The summed E-state index contributed by atoms with van der Waals surface area (Å²) in [7, 11) is -0.0688. The highest BCUT2D eigenvalue weighted by atomic mass is 35.5. The molecule has 3 aromatic rings. The Kier molecular flexibility index (Phi) is 14.3. The number of aromatic nitrogens is 1. The molecule has 50 heavy (non-hydrogen) atoms. The summed E-state index contributed by atoms with van der Waals surface area (Å²) in [6.07, 6.45) is -1.23. The molecule has 0 bridgehead atoms. The molecular weight excluding hydrogens is 748 g/mol. The van der Waals surface area contributed by atoms with Gasteiger partial charge in [-0.25, -0.2) is 13.2 Å². The third kappa shape index (κ3) is 11.5. The number of rotatable bonds is 10. The zero-order valence-electron chi connectivity index (χ0n) is 26.3. The molecule has 20 heteroatoms. The van der Waals surface area contributed by atoms with Crippen LogP contribution in [0.1, 0.15) is 33.7 Å². The molecule has 4 rings (SSSR count). The molecule has 13 nitrogen and oxygen atoms in total. The molecule has 4 N–H and O–H groups in total. The lowest BCUT2D eigenvalue weighted by Crippen LogP contribution is -2.46. The maximum atomic E-state index is 13.3. The molecule has 0 aliphatic carbocycles. The molecule has 0 radical (unpaired) electrons. The average Bonchev–Trinajstić information content (AvgIpc) is 3.49. The molecule has 0 atom stereocenters. The summed E-state index contributed by atoms with van der Waals surface area (Å²) in [5.41, 5.74) is 0.697. The van der Waals surface area contributed by atoms with Gasteiger partial charge in [0.05, 0.1) is 26.2 Å². The van der Waals surface area contributed by atoms with Crippen molar-refractivity contribution in [2.24, 2.45) is 0 Å². The van der Waals surface area contributed by atoms with E-state index in [1.165, 1.54) is 40.0 Å². The van der Waals surface area contributed by atoms with Crippen LogP contribution in [0.5, 0.6) is 0 Å². The number of hydrogen-bond donors (Lipinski definition) is 4. The van der Waals surface area contributed by atoms with Gasteiger partial charge in [0.25, 0.3) is 11.8 Å². The van der Waals surface area contributed by atoms with Crippen LogP contribution in [0.3, 0.4) is 0 Å². The van der Waals surface area contributed by atoms with Crippen LogP contribution in [0.4, 0.5) is 24.5 Å². The second-order valence-corrected chi connectivity index (χ2v) is 14.1. The normalized spacial score (nSPS) is 14.2. The van der Waals surface area contributed by atoms with E-state index < -0.39 is 34.0 Å². The smallest absolute Gasteiger partial charge is 0.475 e. The van der Waals surface area contributed by atoms with E-state index in [4.69, 9.17) is 33.1 Å². The van der Waals surface area contributed by atoms with Gasteiger partial charge < -0.3 is 26.0 Å². The molecule has 3 amide bonds. The van der Waals surface area contributed by atoms with Gasteiger partial charge in [-0.15, -0.1) is 0 Å². The molecule has 2 aromatic carbocycles. The number of nitrogens with zero attached hydrogens (tertiary/aromatic N) is 3. The fourth-order valence-electron chi connectivity index (χ4n) is 4.32. The van der Waals surface area contributed by atoms with Crippen molar-refractivity contribution in [2.45, 2.75) is 30.0 Å². The number of benzene rings is 2. The molecule has 0 saturated carbocycles. The molecule has 1 aromatic heterocycles. The van der Waals surface area contributed by atoms with E-state index in [0.717, 1.165) is 11.5 Å². The fourth-order valence-corrected chi connectivity index (χ4v) is 7.02. The number of amides is 3. The van der Waals surface area contributed by atoms with Gasteiger partial charge in [0.1, 0.15) is 0 Å². The van der Waals surface area contributed by atoms with Crippen LogP contribution in [-0.2, 0) is 19.6 Å². The van der Waals surface area contributed by atoms with Crippen molar-refractivity contribution in [1.29, 1.82) is 0 Å². The fraction of sp³-hybridized carbons (Fsp3) is 0.300. The number of anilines is 2. The zero-order valence-corrected chi connectivity index (χ0v) is 29.5. The van der Waals surface area contributed by atoms with Crippen LogP contribution in [0.2, 0.25) is 10.0 Å². The number of piperidine rings is 1. The minimum Gasteiger partial charge on any atom is -0.475 e. The van der Waals surface area contributed by atoms with Gasteiger partial charge in [0, 0.05) is 42.8 Å². The highest BCUT2D eigenvalue weighted by molar-refractivity contribution is 7.89. The van der Waals surface area contributed by atoms with E-state index in [0.29, 0.717) is 25.1 Å². The van der Waals surface area contributed by atoms with Crippen molar-refractivity contribution >= 4 is 79.8 Å². The maximum absolute atomic E-state index is 13.3. The van der Waals surface area contributed by atoms with Crippen molar-refractivity contribution < 1.29 is 45.9 Å². The second kappa shape index (κ2) is 17.7. The molecule has 1 saturated heterocycles. The quantitative estimate of drug-likeness (QED) is 0.207. The molecule has 270 valence electrons. The minimum atomic E-state index is -5.08. The monoisotopic (exact) mass is 778 g/mol. The Labute approximate surface area is 299 Å². The largest absolute Gasteiger partial charge is 0.490 e. The molecule has 0 unspecified atom stereocenters. The first-order valence-corrected chi connectivity index (χ1v) is 17.5. The number of carboxylic acid groups (broad SMARTS) is 1. The highest BCUT2D eigenvalue weighted by Gasteiger charge is 2.38. The van der Waals surface area contributed by atoms with Crippen LogP contribution < -0.4 is 16.0 Å². The van der Waals surface area contributed by atoms with Gasteiger partial charge in [0.15, 0.2) is 5.69 Å². The van der Waals surface area contributed by atoms with E-state index in [1.54, 1.807) is 24.3 Å². The Morgan fingerprint density at radius 1 is 1.04 bits per heavy atom. The number of halogens is 5. The Morgan fingerprint density at radius 3 is 2.22 bits per heavy atom. The Bertz CT molecular complexity index is 1830. The van der Waals surface area contributed by atoms with Crippen LogP contribution in [-0.4, -0.2) is 96.7 Å². The predicted molar refractivity (Wildman–Crippen MR) is 182 cm³/mol. The first kappa shape index (κ1) is 40.4. The number of hydrogen-bond acceptors (Lipinski definition) is 9. The number of alkyl halides is 3. The van der Waals surface area contributed by atoms with E-state index >= 15 is 0 Å². The molecule has 0 spiro atoms. The maximum Gasteiger partial charge on any atom is 0.490 e. The lowest BCUT2D eigenvalue weighted by Gasteiger charge is -2.31. The zero-order chi connectivity index (χ0) is 37.2. The van der Waals surface area contributed by atoms with Crippen molar-refractivity contribution in [1.82, 2.24) is 18.9 Å². The van der Waals surface area contributed by atoms with Crippen LogP contribution in [0.25, 0.3) is 0 Å². The number of aliphatic carboxylic acids is 1.